The largest absolute Gasteiger partial charge is 0.416 e. The quantitative estimate of drug-likeness (QED) is 0.663. The van der Waals surface area contributed by atoms with Crippen LogP contribution in [0.2, 0.25) is 0 Å². The molecule has 1 aromatic heterocycles. The van der Waals surface area contributed by atoms with Gasteiger partial charge in [-0.15, -0.1) is 0 Å². The standard InChI is InChI=1S/C23H30F3N5O/c1-15(8-11-27-22(32)21-16(2)28-14-29-17(21)3)31-12-9-20(10-13-31)30-19-6-4-18(5-7-19)23(24,25)26/h4-7,14-15,20,30H,8-13H2,1-3H3,(H,27,32)/t15-/m1/s1. The molecule has 0 saturated carbocycles. The van der Waals surface area contributed by atoms with Gasteiger partial charge in [-0.25, -0.2) is 9.97 Å². The van der Waals surface area contributed by atoms with Gasteiger partial charge >= 0.3 is 6.18 Å². The number of aromatic nitrogens is 2. The predicted molar refractivity (Wildman–Crippen MR) is 118 cm³/mol. The van der Waals surface area contributed by atoms with Gasteiger partial charge in [-0.2, -0.15) is 13.2 Å². The average molecular weight is 450 g/mol. The summed E-state index contributed by atoms with van der Waals surface area (Å²) in [6, 6.07) is 5.75. The SMILES string of the molecule is Cc1ncnc(C)c1C(=O)NCC[C@@H](C)N1CCC(Nc2ccc(C(F)(F)F)cc2)CC1. The number of carbonyl (C=O) groups excluding carboxylic acids is 1. The normalized spacial score (nSPS) is 16.6. The molecule has 0 bridgehead atoms. The summed E-state index contributed by atoms with van der Waals surface area (Å²) in [5.41, 5.74) is 1.96. The topological polar surface area (TPSA) is 70.2 Å². The minimum atomic E-state index is -4.31. The van der Waals surface area contributed by atoms with Crippen LogP contribution in [0.25, 0.3) is 0 Å². The fraction of sp³-hybridized carbons (Fsp3) is 0.522. The second kappa shape index (κ2) is 10.3. The lowest BCUT2D eigenvalue weighted by atomic mass is 10.0. The Morgan fingerprint density at radius 1 is 1.12 bits per heavy atom. The number of benzene rings is 1. The fourth-order valence-electron chi connectivity index (χ4n) is 4.06. The van der Waals surface area contributed by atoms with Crippen LogP contribution < -0.4 is 10.6 Å². The molecule has 1 saturated heterocycles. The molecule has 3 rings (SSSR count). The van der Waals surface area contributed by atoms with Gasteiger partial charge < -0.3 is 15.5 Å². The van der Waals surface area contributed by atoms with E-state index in [2.05, 4.69) is 32.4 Å². The lowest BCUT2D eigenvalue weighted by Gasteiger charge is -2.36. The van der Waals surface area contributed by atoms with E-state index in [1.54, 1.807) is 13.8 Å². The molecular formula is C23H30F3N5O. The molecule has 2 N–H and O–H groups in total. The van der Waals surface area contributed by atoms with Crippen molar-refractivity contribution in [2.45, 2.75) is 58.3 Å². The number of hydrogen-bond donors (Lipinski definition) is 2. The maximum absolute atomic E-state index is 12.7. The van der Waals surface area contributed by atoms with Gasteiger partial charge in [-0.1, -0.05) is 0 Å². The van der Waals surface area contributed by atoms with Crippen LogP contribution in [0.4, 0.5) is 18.9 Å². The molecular weight excluding hydrogens is 419 g/mol. The van der Waals surface area contributed by atoms with Crippen molar-refractivity contribution in [2.24, 2.45) is 0 Å². The zero-order chi connectivity index (χ0) is 23.3. The second-order valence-electron chi connectivity index (χ2n) is 8.34. The summed E-state index contributed by atoms with van der Waals surface area (Å²) in [4.78, 5) is 23.0. The lowest BCUT2D eigenvalue weighted by molar-refractivity contribution is -0.137. The van der Waals surface area contributed by atoms with Crippen LogP contribution in [-0.4, -0.2) is 52.5 Å². The Morgan fingerprint density at radius 3 is 2.28 bits per heavy atom. The number of anilines is 1. The number of halogens is 3. The molecule has 1 aliphatic rings. The first-order valence-electron chi connectivity index (χ1n) is 10.9. The third-order valence-corrected chi connectivity index (χ3v) is 6.04. The molecule has 32 heavy (non-hydrogen) atoms. The number of amides is 1. The van der Waals surface area contributed by atoms with Crippen LogP contribution in [0.3, 0.4) is 0 Å². The Morgan fingerprint density at radius 2 is 1.72 bits per heavy atom. The summed E-state index contributed by atoms with van der Waals surface area (Å²) in [5.74, 6) is -0.146. The molecule has 1 amide bonds. The summed E-state index contributed by atoms with van der Waals surface area (Å²) in [6.45, 7) is 8.12. The van der Waals surface area contributed by atoms with Gasteiger partial charge in [0, 0.05) is 37.4 Å². The monoisotopic (exact) mass is 449 g/mol. The van der Waals surface area contributed by atoms with E-state index in [1.165, 1.54) is 18.5 Å². The zero-order valence-corrected chi connectivity index (χ0v) is 18.7. The number of alkyl halides is 3. The van der Waals surface area contributed by atoms with E-state index in [0.717, 1.165) is 44.5 Å². The van der Waals surface area contributed by atoms with Gasteiger partial charge in [-0.3, -0.25) is 4.79 Å². The van der Waals surface area contributed by atoms with Crippen LogP contribution in [-0.2, 0) is 6.18 Å². The van der Waals surface area contributed by atoms with E-state index in [0.29, 0.717) is 35.2 Å². The minimum absolute atomic E-state index is 0.146. The van der Waals surface area contributed by atoms with Gasteiger partial charge in [0.2, 0.25) is 0 Å². The third-order valence-electron chi connectivity index (χ3n) is 6.04. The van der Waals surface area contributed by atoms with Gasteiger partial charge in [-0.05, 0) is 64.3 Å². The molecule has 1 aromatic carbocycles. The number of piperidine rings is 1. The molecule has 0 spiro atoms. The number of hydrogen-bond acceptors (Lipinski definition) is 5. The summed E-state index contributed by atoms with van der Waals surface area (Å²) in [5, 5.41) is 6.31. The number of nitrogens with one attached hydrogen (secondary N) is 2. The minimum Gasteiger partial charge on any atom is -0.382 e. The average Bonchev–Trinajstić information content (AvgIpc) is 2.74. The first kappa shape index (κ1) is 24.0. The first-order chi connectivity index (χ1) is 15.1. The molecule has 2 aromatic rings. The van der Waals surface area contributed by atoms with Crippen molar-refractivity contribution >= 4 is 11.6 Å². The molecule has 0 aliphatic carbocycles. The first-order valence-corrected chi connectivity index (χ1v) is 10.9. The highest BCUT2D eigenvalue weighted by Crippen LogP contribution is 2.30. The van der Waals surface area contributed by atoms with Gasteiger partial charge in [0.25, 0.3) is 5.91 Å². The number of likely N-dealkylation sites (tertiary alicyclic amines) is 1. The third kappa shape index (κ3) is 6.18. The van der Waals surface area contributed by atoms with E-state index in [9.17, 15) is 18.0 Å². The molecule has 9 heteroatoms. The van der Waals surface area contributed by atoms with Crippen LogP contribution >= 0.6 is 0 Å². The molecule has 6 nitrogen and oxygen atoms in total. The van der Waals surface area contributed by atoms with Crippen LogP contribution in [0.5, 0.6) is 0 Å². The lowest BCUT2D eigenvalue weighted by Crippen LogP contribution is -2.44. The highest BCUT2D eigenvalue weighted by molar-refractivity contribution is 5.96. The molecule has 0 unspecified atom stereocenters. The molecule has 174 valence electrons. The van der Waals surface area contributed by atoms with Gasteiger partial charge in [0.05, 0.1) is 22.5 Å². The van der Waals surface area contributed by atoms with Crippen molar-refractivity contribution in [3.05, 3.63) is 53.1 Å². The summed E-state index contributed by atoms with van der Waals surface area (Å²) < 4.78 is 38.1. The van der Waals surface area contributed by atoms with Crippen LogP contribution in [0.1, 0.15) is 53.5 Å². The van der Waals surface area contributed by atoms with E-state index in [-0.39, 0.29) is 11.9 Å². The maximum Gasteiger partial charge on any atom is 0.416 e. The molecule has 1 fully saturated rings. The Bertz CT molecular complexity index is 889. The second-order valence-corrected chi connectivity index (χ2v) is 8.34. The molecule has 2 heterocycles. The van der Waals surface area contributed by atoms with Gasteiger partial charge in [0.1, 0.15) is 6.33 Å². The number of rotatable bonds is 7. The Labute approximate surface area is 186 Å². The van der Waals surface area contributed by atoms with Crippen molar-refractivity contribution in [3.63, 3.8) is 0 Å². The van der Waals surface area contributed by atoms with Crippen molar-refractivity contribution in [3.8, 4) is 0 Å². The van der Waals surface area contributed by atoms with E-state index in [1.807, 2.05) is 0 Å². The maximum atomic E-state index is 12.7. The van der Waals surface area contributed by atoms with Crippen LogP contribution in [0.15, 0.2) is 30.6 Å². The smallest absolute Gasteiger partial charge is 0.382 e. The highest BCUT2D eigenvalue weighted by Gasteiger charge is 2.30. The van der Waals surface area contributed by atoms with Crippen molar-refractivity contribution < 1.29 is 18.0 Å². The Balaban J connectivity index is 1.40. The predicted octanol–water partition coefficient (Wildman–Crippen LogP) is 4.20. The molecule has 1 aliphatic heterocycles. The van der Waals surface area contributed by atoms with E-state index in [4.69, 9.17) is 0 Å². The highest BCUT2D eigenvalue weighted by atomic mass is 19.4. The Kier molecular flexibility index (Phi) is 7.71. The number of carbonyl (C=O) groups is 1. The summed E-state index contributed by atoms with van der Waals surface area (Å²) >= 11 is 0. The Hall–Kier alpha value is -2.68. The summed E-state index contributed by atoms with van der Waals surface area (Å²) in [7, 11) is 0. The zero-order valence-electron chi connectivity index (χ0n) is 18.7. The molecule has 1 atom stereocenters. The van der Waals surface area contributed by atoms with Crippen molar-refractivity contribution in [1.29, 1.82) is 0 Å². The van der Waals surface area contributed by atoms with E-state index < -0.39 is 11.7 Å². The fourth-order valence-corrected chi connectivity index (χ4v) is 4.06. The van der Waals surface area contributed by atoms with Crippen molar-refractivity contribution in [1.82, 2.24) is 20.2 Å². The number of nitrogens with zero attached hydrogens (tertiary/aromatic N) is 3. The number of aryl methyl sites for hydroxylation is 2. The summed E-state index contributed by atoms with van der Waals surface area (Å²) in [6.07, 6.45) is -0.199. The van der Waals surface area contributed by atoms with Gasteiger partial charge in [0.15, 0.2) is 0 Å². The van der Waals surface area contributed by atoms with E-state index >= 15 is 0 Å². The molecule has 0 radical (unpaired) electrons. The van der Waals surface area contributed by atoms with Crippen LogP contribution in [0, 0.1) is 13.8 Å². The van der Waals surface area contributed by atoms with Crippen molar-refractivity contribution in [2.75, 3.05) is 25.0 Å².